The molecule has 0 bridgehead atoms. The standard InChI is InChI=1S/C25H54O3Si/c1-8-9-10-11-12-13-14-15-16-17-18-19-20-21-24(27-23-26-5)22-28-29(6,7)25(2,3)4/h24H,8-23H2,1-7H3/t24-/m1/s1. The Morgan fingerprint density at radius 3 is 1.59 bits per heavy atom. The molecular weight excluding hydrogens is 376 g/mol. The number of ether oxygens (including phenoxy) is 2. The molecule has 29 heavy (non-hydrogen) atoms. The van der Waals surface area contributed by atoms with Gasteiger partial charge in [0.2, 0.25) is 0 Å². The predicted octanol–water partition coefficient (Wildman–Crippen LogP) is 8.48. The van der Waals surface area contributed by atoms with Crippen molar-refractivity contribution in [3.63, 3.8) is 0 Å². The maximum Gasteiger partial charge on any atom is 0.192 e. The smallest absolute Gasteiger partial charge is 0.192 e. The van der Waals surface area contributed by atoms with E-state index in [4.69, 9.17) is 13.9 Å². The van der Waals surface area contributed by atoms with Gasteiger partial charge in [-0.05, 0) is 24.6 Å². The molecule has 0 N–H and O–H groups in total. The lowest BCUT2D eigenvalue weighted by molar-refractivity contribution is -0.0880. The lowest BCUT2D eigenvalue weighted by Crippen LogP contribution is -2.43. The van der Waals surface area contributed by atoms with Gasteiger partial charge in [-0.15, -0.1) is 0 Å². The van der Waals surface area contributed by atoms with Crippen molar-refractivity contribution in [2.45, 2.75) is 142 Å². The Morgan fingerprint density at radius 1 is 0.724 bits per heavy atom. The molecule has 1 atom stereocenters. The maximum atomic E-state index is 6.38. The Morgan fingerprint density at radius 2 is 1.17 bits per heavy atom. The number of rotatable bonds is 20. The minimum absolute atomic E-state index is 0.164. The third-order valence-corrected chi connectivity index (χ3v) is 11.0. The Balaban J connectivity index is 3.76. The van der Waals surface area contributed by atoms with Crippen molar-refractivity contribution in [3.8, 4) is 0 Å². The van der Waals surface area contributed by atoms with Crippen LogP contribution in [0.5, 0.6) is 0 Å². The molecule has 0 fully saturated rings. The molecule has 0 heterocycles. The van der Waals surface area contributed by atoms with Gasteiger partial charge in [-0.1, -0.05) is 111 Å². The highest BCUT2D eigenvalue weighted by molar-refractivity contribution is 6.74. The van der Waals surface area contributed by atoms with Gasteiger partial charge < -0.3 is 13.9 Å². The van der Waals surface area contributed by atoms with Gasteiger partial charge in [-0.2, -0.15) is 0 Å². The fraction of sp³-hybridized carbons (Fsp3) is 1.00. The lowest BCUT2D eigenvalue weighted by Gasteiger charge is -2.37. The predicted molar refractivity (Wildman–Crippen MR) is 130 cm³/mol. The summed E-state index contributed by atoms with van der Waals surface area (Å²) >= 11 is 0. The zero-order valence-corrected chi connectivity index (χ0v) is 22.1. The van der Waals surface area contributed by atoms with Crippen molar-refractivity contribution in [1.82, 2.24) is 0 Å². The minimum atomic E-state index is -1.71. The quantitative estimate of drug-likeness (QED) is 0.110. The summed E-state index contributed by atoms with van der Waals surface area (Å²) in [7, 11) is -0.0224. The first-order valence-corrected chi connectivity index (χ1v) is 15.4. The van der Waals surface area contributed by atoms with E-state index < -0.39 is 8.32 Å². The molecule has 0 saturated carbocycles. The number of unbranched alkanes of at least 4 members (excludes halogenated alkanes) is 12. The van der Waals surface area contributed by atoms with Crippen molar-refractivity contribution in [3.05, 3.63) is 0 Å². The Kier molecular flexibility index (Phi) is 17.8. The van der Waals surface area contributed by atoms with Crippen LogP contribution < -0.4 is 0 Å². The largest absolute Gasteiger partial charge is 0.414 e. The summed E-state index contributed by atoms with van der Waals surface area (Å²) in [6.45, 7) is 14.8. The monoisotopic (exact) mass is 430 g/mol. The summed E-state index contributed by atoms with van der Waals surface area (Å²) in [5, 5.41) is 0.244. The SMILES string of the molecule is CCCCCCCCCCCCCCC[C@H](CO[Si](C)(C)C(C)(C)C)OCOC. The van der Waals surface area contributed by atoms with Crippen LogP contribution in [0.15, 0.2) is 0 Å². The zero-order valence-electron chi connectivity index (χ0n) is 21.1. The van der Waals surface area contributed by atoms with E-state index in [0.717, 1.165) is 6.42 Å². The zero-order chi connectivity index (χ0) is 22.0. The number of hydrogen-bond donors (Lipinski definition) is 0. The van der Waals surface area contributed by atoms with E-state index in [1.807, 2.05) is 0 Å². The Bertz CT molecular complexity index is 352. The van der Waals surface area contributed by atoms with Crippen LogP contribution in [0.4, 0.5) is 0 Å². The van der Waals surface area contributed by atoms with Gasteiger partial charge in [0.05, 0.1) is 12.7 Å². The molecule has 0 aromatic carbocycles. The van der Waals surface area contributed by atoms with E-state index >= 15 is 0 Å². The molecule has 0 aromatic heterocycles. The average Bonchev–Trinajstić information content (AvgIpc) is 2.66. The van der Waals surface area contributed by atoms with Gasteiger partial charge >= 0.3 is 0 Å². The molecule has 4 heteroatoms. The Hall–Kier alpha value is 0.0969. The maximum absolute atomic E-state index is 6.38. The summed E-state index contributed by atoms with van der Waals surface area (Å²) in [6, 6.07) is 0. The molecule has 0 aliphatic carbocycles. The average molecular weight is 431 g/mol. The molecule has 0 amide bonds. The third kappa shape index (κ3) is 16.5. The third-order valence-electron chi connectivity index (χ3n) is 6.49. The summed E-state index contributed by atoms with van der Waals surface area (Å²) < 4.78 is 17.4. The second-order valence-corrected chi connectivity index (χ2v) is 15.1. The van der Waals surface area contributed by atoms with Crippen molar-refractivity contribution >= 4 is 8.32 Å². The minimum Gasteiger partial charge on any atom is -0.414 e. The number of hydrogen-bond acceptors (Lipinski definition) is 3. The molecule has 0 unspecified atom stereocenters. The molecule has 0 rings (SSSR count). The van der Waals surface area contributed by atoms with E-state index in [0.29, 0.717) is 13.4 Å². The van der Waals surface area contributed by atoms with Crippen molar-refractivity contribution in [2.75, 3.05) is 20.5 Å². The normalized spacial score (nSPS) is 13.8. The van der Waals surface area contributed by atoms with Crippen LogP contribution in [0.25, 0.3) is 0 Å². The topological polar surface area (TPSA) is 27.7 Å². The van der Waals surface area contributed by atoms with Crippen LogP contribution in [0.3, 0.4) is 0 Å². The van der Waals surface area contributed by atoms with Crippen LogP contribution in [0.1, 0.15) is 118 Å². The van der Waals surface area contributed by atoms with E-state index in [9.17, 15) is 0 Å². The van der Waals surface area contributed by atoms with E-state index in [2.05, 4.69) is 40.8 Å². The van der Waals surface area contributed by atoms with Crippen molar-refractivity contribution < 1.29 is 13.9 Å². The van der Waals surface area contributed by atoms with Crippen LogP contribution in [0, 0.1) is 0 Å². The first kappa shape index (κ1) is 29.1. The van der Waals surface area contributed by atoms with Crippen molar-refractivity contribution in [1.29, 1.82) is 0 Å². The highest BCUT2D eigenvalue weighted by Gasteiger charge is 2.37. The highest BCUT2D eigenvalue weighted by atomic mass is 28.4. The number of methoxy groups -OCH3 is 1. The van der Waals surface area contributed by atoms with E-state index in [1.54, 1.807) is 7.11 Å². The molecule has 0 saturated heterocycles. The summed E-state index contributed by atoms with van der Waals surface area (Å²) in [6.07, 6.45) is 19.3. The fourth-order valence-corrected chi connectivity index (χ4v) is 4.32. The highest BCUT2D eigenvalue weighted by Crippen LogP contribution is 2.36. The van der Waals surface area contributed by atoms with E-state index in [1.165, 1.54) is 83.5 Å². The summed E-state index contributed by atoms with van der Waals surface area (Å²) in [5.74, 6) is 0. The van der Waals surface area contributed by atoms with Gasteiger partial charge in [0.15, 0.2) is 8.32 Å². The van der Waals surface area contributed by atoms with Crippen LogP contribution in [0.2, 0.25) is 18.1 Å². The van der Waals surface area contributed by atoms with Gasteiger partial charge in [-0.25, -0.2) is 0 Å². The van der Waals surface area contributed by atoms with Gasteiger partial charge in [-0.3, -0.25) is 0 Å². The van der Waals surface area contributed by atoms with Crippen LogP contribution >= 0.6 is 0 Å². The lowest BCUT2D eigenvalue weighted by atomic mass is 10.0. The summed E-state index contributed by atoms with van der Waals surface area (Å²) in [4.78, 5) is 0. The van der Waals surface area contributed by atoms with E-state index in [-0.39, 0.29) is 11.1 Å². The second kappa shape index (κ2) is 17.7. The second-order valence-electron chi connectivity index (χ2n) is 10.3. The van der Waals surface area contributed by atoms with Crippen LogP contribution in [-0.2, 0) is 13.9 Å². The molecule has 176 valence electrons. The molecule has 0 aromatic rings. The van der Waals surface area contributed by atoms with Crippen LogP contribution in [-0.4, -0.2) is 34.9 Å². The fourth-order valence-electron chi connectivity index (χ4n) is 3.29. The van der Waals surface area contributed by atoms with Gasteiger partial charge in [0.25, 0.3) is 0 Å². The first-order valence-electron chi connectivity index (χ1n) is 12.5. The summed E-state index contributed by atoms with van der Waals surface area (Å²) in [5.41, 5.74) is 0. The molecule has 0 radical (unpaired) electrons. The first-order chi connectivity index (χ1) is 13.7. The van der Waals surface area contributed by atoms with Gasteiger partial charge in [0.1, 0.15) is 6.79 Å². The molecule has 0 aliphatic heterocycles. The Labute approximate surface area is 184 Å². The molecule has 3 nitrogen and oxygen atoms in total. The van der Waals surface area contributed by atoms with Gasteiger partial charge in [0, 0.05) is 7.11 Å². The molecule has 0 spiro atoms. The molecular formula is C25H54O3Si. The van der Waals surface area contributed by atoms with Crippen molar-refractivity contribution in [2.24, 2.45) is 0 Å². The molecule has 0 aliphatic rings.